The number of unbranched alkanes of at least 4 members (excludes halogenated alkanes) is 13. The van der Waals surface area contributed by atoms with E-state index in [0.717, 1.165) is 42.2 Å². The summed E-state index contributed by atoms with van der Waals surface area (Å²) in [5, 5.41) is 1.64. The van der Waals surface area contributed by atoms with Crippen LogP contribution in [0.5, 0.6) is 0 Å². The van der Waals surface area contributed by atoms with Crippen LogP contribution in [0.4, 0.5) is 0 Å². The highest BCUT2D eigenvalue weighted by atomic mass is 35.5. The van der Waals surface area contributed by atoms with Crippen molar-refractivity contribution in [2.24, 2.45) is 5.73 Å². The predicted molar refractivity (Wildman–Crippen MR) is 145 cm³/mol. The Morgan fingerprint density at radius 3 is 1.85 bits per heavy atom. The summed E-state index contributed by atoms with van der Waals surface area (Å²) in [7, 11) is 0. The molecular weight excluding hydrogens is 466 g/mol. The molecule has 0 aliphatic rings. The highest BCUT2D eigenvalue weighted by Gasteiger charge is 2.17. The minimum atomic E-state index is -0.169. The summed E-state index contributed by atoms with van der Waals surface area (Å²) in [4.78, 5) is 24.2. The van der Waals surface area contributed by atoms with Gasteiger partial charge in [-0.3, -0.25) is 4.79 Å². The van der Waals surface area contributed by atoms with E-state index in [-0.39, 0.29) is 11.2 Å². The number of carbonyl (C=O) groups excluding carboxylic acids is 1. The van der Waals surface area contributed by atoms with Crippen LogP contribution in [0, 0.1) is 6.92 Å². The quantitative estimate of drug-likeness (QED) is 0.0909. The number of nitrogens with two attached hydrogens (primary N) is 1. The van der Waals surface area contributed by atoms with Crippen LogP contribution in [0.3, 0.4) is 0 Å². The smallest absolute Gasteiger partial charge is 0.225 e. The van der Waals surface area contributed by atoms with E-state index < -0.39 is 0 Å². The van der Waals surface area contributed by atoms with Gasteiger partial charge in [-0.05, 0) is 31.4 Å². The first-order valence-electron chi connectivity index (χ1n) is 13.2. The lowest BCUT2D eigenvalue weighted by molar-refractivity contribution is -0.118. The molecule has 1 amide bonds. The molecule has 0 aliphatic heterocycles. The Balaban J connectivity index is 1.54. The van der Waals surface area contributed by atoms with Crippen LogP contribution in [-0.4, -0.2) is 30.7 Å². The van der Waals surface area contributed by atoms with E-state index in [9.17, 15) is 4.79 Å². The second-order valence-electron chi connectivity index (χ2n) is 9.61. The van der Waals surface area contributed by atoms with Crippen molar-refractivity contribution >= 4 is 40.4 Å². The molecule has 8 heteroatoms. The Kier molecular flexibility index (Phi) is 13.9. The Labute approximate surface area is 215 Å². The van der Waals surface area contributed by atoms with Gasteiger partial charge in [-0.25, -0.2) is 9.97 Å². The molecule has 6 nitrogen and oxygen atoms in total. The van der Waals surface area contributed by atoms with Crippen LogP contribution in [0.25, 0.3) is 11.2 Å². The van der Waals surface area contributed by atoms with E-state index in [1.54, 1.807) is 11.8 Å². The van der Waals surface area contributed by atoms with Gasteiger partial charge in [-0.15, -0.1) is 11.8 Å². The highest BCUT2D eigenvalue weighted by molar-refractivity contribution is 8.00. The number of thioether (sulfide) groups is 1. The van der Waals surface area contributed by atoms with Crippen LogP contribution in [-0.2, 0) is 11.3 Å². The fourth-order valence-electron chi connectivity index (χ4n) is 4.36. The molecule has 0 saturated heterocycles. The van der Waals surface area contributed by atoms with E-state index in [2.05, 4.69) is 33.4 Å². The third kappa shape index (κ3) is 10.9. The van der Waals surface area contributed by atoms with Crippen LogP contribution in [0.1, 0.15) is 116 Å². The molecule has 0 saturated carbocycles. The van der Waals surface area contributed by atoms with Gasteiger partial charge in [0.2, 0.25) is 11.2 Å². The number of imidazole rings is 1. The molecular formula is C26H44ClN5OS. The molecule has 0 bridgehead atoms. The van der Waals surface area contributed by atoms with Gasteiger partial charge < -0.3 is 10.3 Å². The molecule has 2 aromatic rings. The van der Waals surface area contributed by atoms with Crippen molar-refractivity contribution in [3.05, 3.63) is 11.1 Å². The summed E-state index contributed by atoms with van der Waals surface area (Å²) in [6.45, 7) is 7.33. The van der Waals surface area contributed by atoms with Crippen molar-refractivity contribution in [2.75, 3.05) is 0 Å². The molecule has 34 heavy (non-hydrogen) atoms. The Bertz CT molecular complexity index is 870. The lowest BCUT2D eigenvalue weighted by Crippen LogP contribution is -2.09. The molecule has 0 unspecified atom stereocenters. The maximum absolute atomic E-state index is 10.7. The van der Waals surface area contributed by atoms with Crippen molar-refractivity contribution in [3.63, 3.8) is 0 Å². The number of nitrogens with zero attached hydrogens (tertiary/aromatic N) is 4. The Hall–Kier alpha value is -1.34. The number of hydrogen-bond donors (Lipinski definition) is 1. The minimum Gasteiger partial charge on any atom is -0.370 e. The average molecular weight is 510 g/mol. The standard InChI is InChI=1S/C26H44ClN5OS/c1-20(2)34-25-23-24(30-26(27)31-25)29-21(3)32(23)19-17-15-13-11-9-7-5-4-6-8-10-12-14-16-18-22(28)33/h20H,4-19H2,1-3H3,(H2,28,33). The zero-order valence-electron chi connectivity index (χ0n) is 21.5. The second kappa shape index (κ2) is 16.4. The molecule has 0 spiro atoms. The fourth-order valence-corrected chi connectivity index (χ4v) is 5.47. The number of aryl methyl sites for hydroxylation is 2. The number of amides is 1. The maximum atomic E-state index is 10.7. The third-order valence-corrected chi connectivity index (χ3v) is 7.29. The number of rotatable bonds is 19. The van der Waals surface area contributed by atoms with Crippen LogP contribution in [0.2, 0.25) is 5.28 Å². The van der Waals surface area contributed by atoms with E-state index in [0.29, 0.717) is 17.3 Å². The molecule has 2 rings (SSSR count). The summed E-state index contributed by atoms with van der Waals surface area (Å²) in [5.74, 6) is 0.820. The van der Waals surface area contributed by atoms with Crippen molar-refractivity contribution in [3.8, 4) is 0 Å². The van der Waals surface area contributed by atoms with Crippen LogP contribution in [0.15, 0.2) is 5.03 Å². The van der Waals surface area contributed by atoms with E-state index in [1.807, 2.05) is 6.92 Å². The molecule has 2 N–H and O–H groups in total. The van der Waals surface area contributed by atoms with Gasteiger partial charge in [-0.1, -0.05) is 90.9 Å². The first-order valence-corrected chi connectivity index (χ1v) is 14.5. The summed E-state index contributed by atoms with van der Waals surface area (Å²) in [6, 6.07) is 0. The van der Waals surface area contributed by atoms with Gasteiger partial charge in [0.15, 0.2) is 5.65 Å². The first kappa shape index (κ1) is 28.9. The minimum absolute atomic E-state index is 0.169. The lowest BCUT2D eigenvalue weighted by atomic mass is 10.0. The Morgan fingerprint density at radius 2 is 1.35 bits per heavy atom. The number of carbonyl (C=O) groups is 1. The molecule has 0 aliphatic carbocycles. The predicted octanol–water partition coefficient (Wildman–Crippen LogP) is 7.63. The van der Waals surface area contributed by atoms with E-state index in [4.69, 9.17) is 17.3 Å². The summed E-state index contributed by atoms with van der Waals surface area (Å²) in [6.07, 6.45) is 18.3. The number of fused-ring (bicyclic) bond motifs is 1. The first-order chi connectivity index (χ1) is 16.4. The molecule has 2 heterocycles. The number of hydrogen-bond acceptors (Lipinski definition) is 5. The third-order valence-electron chi connectivity index (χ3n) is 6.14. The van der Waals surface area contributed by atoms with Gasteiger partial charge in [-0.2, -0.15) is 4.98 Å². The zero-order valence-corrected chi connectivity index (χ0v) is 23.0. The number of primary amides is 1. The zero-order chi connectivity index (χ0) is 24.8. The van der Waals surface area contributed by atoms with Crippen molar-refractivity contribution in [2.45, 2.75) is 134 Å². The average Bonchev–Trinajstić information content (AvgIpc) is 3.07. The molecule has 0 aromatic carbocycles. The molecule has 0 fully saturated rings. The van der Waals surface area contributed by atoms with Gasteiger partial charge in [0.25, 0.3) is 0 Å². The topological polar surface area (TPSA) is 86.7 Å². The summed E-state index contributed by atoms with van der Waals surface area (Å²) >= 11 is 7.85. The van der Waals surface area contributed by atoms with Gasteiger partial charge in [0.05, 0.1) is 0 Å². The highest BCUT2D eigenvalue weighted by Crippen LogP contribution is 2.30. The molecule has 2 aromatic heterocycles. The fraction of sp³-hybridized carbons (Fsp3) is 0.769. The van der Waals surface area contributed by atoms with Crippen LogP contribution >= 0.6 is 23.4 Å². The number of aromatic nitrogens is 4. The largest absolute Gasteiger partial charge is 0.370 e. The van der Waals surface area contributed by atoms with Crippen molar-refractivity contribution in [1.82, 2.24) is 19.5 Å². The second-order valence-corrected chi connectivity index (χ2v) is 11.5. The normalized spacial score (nSPS) is 11.7. The van der Waals surface area contributed by atoms with Crippen molar-refractivity contribution < 1.29 is 4.79 Å². The van der Waals surface area contributed by atoms with Gasteiger partial charge >= 0.3 is 0 Å². The van der Waals surface area contributed by atoms with Crippen LogP contribution < -0.4 is 5.73 Å². The number of halogens is 1. The van der Waals surface area contributed by atoms with Gasteiger partial charge in [0.1, 0.15) is 16.4 Å². The Morgan fingerprint density at radius 1 is 0.853 bits per heavy atom. The monoisotopic (exact) mass is 509 g/mol. The van der Waals surface area contributed by atoms with Gasteiger partial charge in [0, 0.05) is 18.2 Å². The molecule has 0 radical (unpaired) electrons. The van der Waals surface area contributed by atoms with E-state index in [1.165, 1.54) is 70.6 Å². The molecule has 192 valence electrons. The molecule has 0 atom stereocenters. The van der Waals surface area contributed by atoms with E-state index >= 15 is 0 Å². The van der Waals surface area contributed by atoms with Crippen molar-refractivity contribution in [1.29, 1.82) is 0 Å². The summed E-state index contributed by atoms with van der Waals surface area (Å²) in [5.41, 5.74) is 6.91. The maximum Gasteiger partial charge on any atom is 0.225 e. The lowest BCUT2D eigenvalue weighted by Gasteiger charge is -2.11. The SMILES string of the molecule is Cc1nc2nc(Cl)nc(SC(C)C)c2n1CCCCCCCCCCCCCCCCC(N)=O. The summed E-state index contributed by atoms with van der Waals surface area (Å²) < 4.78 is 2.27.